The molecule has 2 aliphatic rings. The van der Waals surface area contributed by atoms with Gasteiger partial charge in [-0.05, 0) is 26.2 Å². The van der Waals surface area contributed by atoms with Gasteiger partial charge < -0.3 is 4.74 Å². The van der Waals surface area contributed by atoms with Crippen LogP contribution < -0.4 is 0 Å². The van der Waals surface area contributed by atoms with Crippen molar-refractivity contribution in [3.8, 4) is 0 Å². The Morgan fingerprint density at radius 3 is 2.35 bits per heavy atom. The third-order valence-electron chi connectivity index (χ3n) is 3.99. The minimum Gasteiger partial charge on any atom is -0.466 e. The second-order valence-corrected chi connectivity index (χ2v) is 7.23. The van der Waals surface area contributed by atoms with Gasteiger partial charge in [0.2, 0.25) is 0 Å². The zero-order valence-electron chi connectivity index (χ0n) is 12.1. The van der Waals surface area contributed by atoms with E-state index in [0.29, 0.717) is 31.6 Å². The first-order chi connectivity index (χ1) is 9.46. The van der Waals surface area contributed by atoms with Gasteiger partial charge in [0.1, 0.15) is 0 Å². The first-order valence-corrected chi connectivity index (χ1v) is 8.38. The number of piperidine rings is 1. The van der Waals surface area contributed by atoms with E-state index in [-0.39, 0.29) is 6.54 Å². The van der Waals surface area contributed by atoms with Crippen molar-refractivity contribution in [3.05, 3.63) is 11.1 Å². The molecule has 1 saturated heterocycles. The summed E-state index contributed by atoms with van der Waals surface area (Å²) in [6.45, 7) is 3.57. The predicted octanol–water partition coefficient (Wildman–Crippen LogP) is 0.912. The summed E-state index contributed by atoms with van der Waals surface area (Å²) in [5.41, 5.74) is 1.39. The summed E-state index contributed by atoms with van der Waals surface area (Å²) in [5, 5.41) is 0. The van der Waals surface area contributed by atoms with E-state index in [0.717, 1.165) is 24.8 Å². The van der Waals surface area contributed by atoms with Crippen molar-refractivity contribution in [2.75, 3.05) is 33.3 Å². The highest BCUT2D eigenvalue weighted by molar-refractivity contribution is 7.86. The molecule has 0 aromatic heterocycles. The van der Waals surface area contributed by atoms with Crippen LogP contribution in [0.3, 0.4) is 0 Å². The molecule has 2 aliphatic heterocycles. The third kappa shape index (κ3) is 3.05. The van der Waals surface area contributed by atoms with Gasteiger partial charge in [0.25, 0.3) is 10.2 Å². The number of carbonyl (C=O) groups excluding carboxylic acids is 1. The lowest BCUT2D eigenvalue weighted by Crippen LogP contribution is -2.48. The standard InChI is InChI=1S/C13H22N2O4S/c1-11-6-9-15(10-12(11)13(16)19-2)20(17,18)14-7-4-3-5-8-14/h3-10H2,1-2H3. The summed E-state index contributed by atoms with van der Waals surface area (Å²) < 4.78 is 32.8. The molecule has 0 bridgehead atoms. The van der Waals surface area contributed by atoms with Crippen molar-refractivity contribution < 1.29 is 17.9 Å². The van der Waals surface area contributed by atoms with E-state index in [9.17, 15) is 13.2 Å². The van der Waals surface area contributed by atoms with Crippen molar-refractivity contribution in [1.29, 1.82) is 0 Å². The lowest BCUT2D eigenvalue weighted by Gasteiger charge is -2.34. The van der Waals surface area contributed by atoms with Crippen LogP contribution >= 0.6 is 0 Å². The van der Waals surface area contributed by atoms with Gasteiger partial charge in [-0.25, -0.2) is 4.79 Å². The molecule has 0 amide bonds. The van der Waals surface area contributed by atoms with Gasteiger partial charge >= 0.3 is 5.97 Å². The van der Waals surface area contributed by atoms with Crippen molar-refractivity contribution in [3.63, 3.8) is 0 Å². The molecule has 0 atom stereocenters. The zero-order valence-corrected chi connectivity index (χ0v) is 12.9. The molecular weight excluding hydrogens is 280 g/mol. The van der Waals surface area contributed by atoms with Crippen molar-refractivity contribution in [2.45, 2.75) is 32.6 Å². The summed E-state index contributed by atoms with van der Waals surface area (Å²) in [4.78, 5) is 11.7. The lowest BCUT2D eigenvalue weighted by molar-refractivity contribution is -0.136. The fourth-order valence-corrected chi connectivity index (χ4v) is 4.31. The van der Waals surface area contributed by atoms with Crippen LogP contribution in [0.5, 0.6) is 0 Å². The Bertz CT molecular complexity index is 506. The van der Waals surface area contributed by atoms with Gasteiger partial charge in [-0.2, -0.15) is 17.0 Å². The SMILES string of the molecule is COC(=O)C1=C(C)CCN(S(=O)(=O)N2CCCCC2)C1. The van der Waals surface area contributed by atoms with E-state index in [1.807, 2.05) is 6.92 Å². The molecule has 0 aromatic carbocycles. The highest BCUT2D eigenvalue weighted by atomic mass is 32.2. The Labute approximate surface area is 120 Å². The molecule has 6 nitrogen and oxygen atoms in total. The molecule has 114 valence electrons. The maximum absolute atomic E-state index is 12.6. The van der Waals surface area contributed by atoms with Gasteiger partial charge in [-0.15, -0.1) is 0 Å². The number of carbonyl (C=O) groups is 1. The molecule has 20 heavy (non-hydrogen) atoms. The molecule has 0 spiro atoms. The Morgan fingerprint density at radius 1 is 1.10 bits per heavy atom. The van der Waals surface area contributed by atoms with Gasteiger partial charge in [0.15, 0.2) is 0 Å². The number of ether oxygens (including phenoxy) is 1. The second kappa shape index (κ2) is 6.24. The molecule has 0 saturated carbocycles. The average Bonchev–Trinajstić information content (AvgIpc) is 2.47. The Balaban J connectivity index is 2.16. The number of rotatable bonds is 3. The van der Waals surface area contributed by atoms with Gasteiger partial charge in [0, 0.05) is 26.2 Å². The van der Waals surface area contributed by atoms with Crippen LogP contribution in [0.4, 0.5) is 0 Å². The molecule has 0 aliphatic carbocycles. The first kappa shape index (κ1) is 15.5. The maximum atomic E-state index is 12.6. The van der Waals surface area contributed by atoms with Crippen LogP contribution in [0.15, 0.2) is 11.1 Å². The second-order valence-electron chi connectivity index (χ2n) is 5.30. The fourth-order valence-electron chi connectivity index (χ4n) is 2.65. The van der Waals surface area contributed by atoms with Crippen molar-refractivity contribution in [1.82, 2.24) is 8.61 Å². The van der Waals surface area contributed by atoms with Crippen molar-refractivity contribution >= 4 is 16.2 Å². The minimum absolute atomic E-state index is 0.122. The van der Waals surface area contributed by atoms with E-state index in [4.69, 9.17) is 4.74 Å². The van der Waals surface area contributed by atoms with Gasteiger partial charge in [-0.1, -0.05) is 12.0 Å². The quantitative estimate of drug-likeness (QED) is 0.727. The summed E-state index contributed by atoms with van der Waals surface area (Å²) in [5.74, 6) is -0.430. The van der Waals surface area contributed by atoms with Gasteiger partial charge in [0.05, 0.1) is 12.7 Å². The third-order valence-corrected chi connectivity index (χ3v) is 5.97. The highest BCUT2D eigenvalue weighted by Crippen LogP contribution is 2.24. The molecule has 0 radical (unpaired) electrons. The minimum atomic E-state index is -3.46. The van der Waals surface area contributed by atoms with Gasteiger partial charge in [-0.3, -0.25) is 0 Å². The van der Waals surface area contributed by atoms with E-state index in [1.165, 1.54) is 15.7 Å². The average molecular weight is 302 g/mol. The number of hydrogen-bond donors (Lipinski definition) is 0. The molecule has 0 N–H and O–H groups in total. The molecule has 2 rings (SSSR count). The van der Waals surface area contributed by atoms with Crippen LogP contribution in [0, 0.1) is 0 Å². The largest absolute Gasteiger partial charge is 0.466 e. The molecule has 0 aromatic rings. The van der Waals surface area contributed by atoms with Crippen LogP contribution in [0.25, 0.3) is 0 Å². The maximum Gasteiger partial charge on any atom is 0.335 e. The molecular formula is C13H22N2O4S. The molecule has 1 fully saturated rings. The fraction of sp³-hybridized carbons (Fsp3) is 0.769. The first-order valence-electron chi connectivity index (χ1n) is 6.99. The topological polar surface area (TPSA) is 66.9 Å². The molecule has 0 unspecified atom stereocenters. The zero-order chi connectivity index (χ0) is 14.8. The van der Waals surface area contributed by atoms with Crippen LogP contribution in [0.1, 0.15) is 32.6 Å². The summed E-state index contributed by atoms with van der Waals surface area (Å²) in [6.07, 6.45) is 3.48. The van der Waals surface area contributed by atoms with E-state index in [1.54, 1.807) is 0 Å². The number of methoxy groups -OCH3 is 1. The monoisotopic (exact) mass is 302 g/mol. The predicted molar refractivity (Wildman–Crippen MR) is 75.2 cm³/mol. The van der Waals surface area contributed by atoms with Crippen molar-refractivity contribution in [2.24, 2.45) is 0 Å². The number of esters is 1. The van der Waals surface area contributed by atoms with Crippen LogP contribution in [0.2, 0.25) is 0 Å². The normalized spacial score (nSPS) is 22.9. The summed E-state index contributed by atoms with van der Waals surface area (Å²) >= 11 is 0. The number of nitrogens with zero attached hydrogens (tertiary/aromatic N) is 2. The Morgan fingerprint density at radius 2 is 1.75 bits per heavy atom. The Kier molecular flexibility index (Phi) is 4.82. The van der Waals surface area contributed by atoms with E-state index in [2.05, 4.69) is 0 Å². The number of hydrogen-bond acceptors (Lipinski definition) is 4. The summed E-state index contributed by atoms with van der Waals surface area (Å²) in [6, 6.07) is 0. The summed E-state index contributed by atoms with van der Waals surface area (Å²) in [7, 11) is -2.14. The van der Waals surface area contributed by atoms with Crippen LogP contribution in [-0.2, 0) is 19.7 Å². The van der Waals surface area contributed by atoms with E-state index >= 15 is 0 Å². The highest BCUT2D eigenvalue weighted by Gasteiger charge is 2.34. The molecule has 2 heterocycles. The smallest absolute Gasteiger partial charge is 0.335 e. The Hall–Kier alpha value is -0.920. The molecule has 7 heteroatoms. The lowest BCUT2D eigenvalue weighted by atomic mass is 10.0. The van der Waals surface area contributed by atoms with Crippen LogP contribution in [-0.4, -0.2) is 56.3 Å². The van der Waals surface area contributed by atoms with E-state index < -0.39 is 16.2 Å².